The summed E-state index contributed by atoms with van der Waals surface area (Å²) in [6.45, 7) is 5.38. The van der Waals surface area contributed by atoms with Crippen molar-refractivity contribution in [2.24, 2.45) is 0 Å². The second kappa shape index (κ2) is 4.17. The molecular weight excluding hydrogens is 219 g/mol. The normalized spacial score (nSPS) is 10.6. The summed E-state index contributed by atoms with van der Waals surface area (Å²) < 4.78 is 18.5. The van der Waals surface area contributed by atoms with Gasteiger partial charge in [0.25, 0.3) is 0 Å². The van der Waals surface area contributed by atoms with Gasteiger partial charge in [-0.05, 0) is 32.9 Å². The third kappa shape index (κ3) is 2.00. The van der Waals surface area contributed by atoms with Gasteiger partial charge in [0.2, 0.25) is 0 Å². The fourth-order valence-electron chi connectivity index (χ4n) is 1.90. The van der Waals surface area contributed by atoms with Crippen LogP contribution in [0.15, 0.2) is 28.7 Å². The number of carbonyl (C=O) groups excluding carboxylic acids is 1. The van der Waals surface area contributed by atoms with E-state index in [4.69, 9.17) is 4.42 Å². The number of benzene rings is 1. The van der Waals surface area contributed by atoms with Crippen LogP contribution in [0, 0.1) is 26.6 Å². The molecule has 0 aliphatic rings. The molecule has 0 saturated heterocycles. The van der Waals surface area contributed by atoms with Gasteiger partial charge in [-0.15, -0.1) is 0 Å². The first kappa shape index (κ1) is 11.6. The quantitative estimate of drug-likeness (QED) is 0.741. The summed E-state index contributed by atoms with van der Waals surface area (Å²) in [7, 11) is 0. The standard InChI is InChI=1S/C14H13FO2/c1-8-9(2)17-10(3)13(8)14(16)11-5-4-6-12(15)7-11/h4-7H,1-3H3. The maximum atomic E-state index is 13.1. The summed E-state index contributed by atoms with van der Waals surface area (Å²) >= 11 is 0. The number of aryl methyl sites for hydroxylation is 2. The predicted octanol–water partition coefficient (Wildman–Crippen LogP) is 3.57. The van der Waals surface area contributed by atoms with Crippen molar-refractivity contribution in [1.29, 1.82) is 0 Å². The molecule has 2 nitrogen and oxygen atoms in total. The fourth-order valence-corrected chi connectivity index (χ4v) is 1.90. The highest BCUT2D eigenvalue weighted by atomic mass is 19.1. The van der Waals surface area contributed by atoms with Crippen LogP contribution in [0.4, 0.5) is 4.39 Å². The second-order valence-corrected chi connectivity index (χ2v) is 4.05. The Labute approximate surface area is 99.1 Å². The number of hydrogen-bond acceptors (Lipinski definition) is 2. The molecule has 0 bridgehead atoms. The monoisotopic (exact) mass is 232 g/mol. The molecule has 0 saturated carbocycles. The minimum absolute atomic E-state index is 0.198. The largest absolute Gasteiger partial charge is 0.466 e. The number of halogens is 1. The number of hydrogen-bond donors (Lipinski definition) is 0. The predicted molar refractivity (Wildman–Crippen MR) is 62.8 cm³/mol. The maximum absolute atomic E-state index is 13.1. The van der Waals surface area contributed by atoms with E-state index in [9.17, 15) is 9.18 Å². The lowest BCUT2D eigenvalue weighted by Crippen LogP contribution is -2.04. The molecule has 0 fully saturated rings. The van der Waals surface area contributed by atoms with Gasteiger partial charge < -0.3 is 4.42 Å². The maximum Gasteiger partial charge on any atom is 0.196 e. The number of carbonyl (C=O) groups is 1. The van der Waals surface area contributed by atoms with Gasteiger partial charge in [-0.1, -0.05) is 12.1 Å². The van der Waals surface area contributed by atoms with Crippen LogP contribution in [0.25, 0.3) is 0 Å². The molecule has 0 unspecified atom stereocenters. The first-order chi connectivity index (χ1) is 8.00. The van der Waals surface area contributed by atoms with Crippen molar-refractivity contribution in [2.45, 2.75) is 20.8 Å². The highest BCUT2D eigenvalue weighted by Crippen LogP contribution is 2.23. The first-order valence-electron chi connectivity index (χ1n) is 5.37. The molecule has 1 aromatic carbocycles. The number of furan rings is 1. The Morgan fingerprint density at radius 2 is 1.88 bits per heavy atom. The van der Waals surface area contributed by atoms with Crippen molar-refractivity contribution < 1.29 is 13.6 Å². The molecule has 17 heavy (non-hydrogen) atoms. The van der Waals surface area contributed by atoms with E-state index < -0.39 is 5.82 Å². The molecule has 0 amide bonds. The molecule has 0 N–H and O–H groups in total. The van der Waals surface area contributed by atoms with Gasteiger partial charge in [0.15, 0.2) is 5.78 Å². The molecule has 0 aliphatic heterocycles. The van der Waals surface area contributed by atoms with Gasteiger partial charge >= 0.3 is 0 Å². The summed E-state index contributed by atoms with van der Waals surface area (Å²) in [6.07, 6.45) is 0. The summed E-state index contributed by atoms with van der Waals surface area (Å²) in [5.41, 5.74) is 1.70. The van der Waals surface area contributed by atoms with E-state index in [2.05, 4.69) is 0 Å². The van der Waals surface area contributed by atoms with Crippen LogP contribution >= 0.6 is 0 Å². The lowest BCUT2D eigenvalue weighted by molar-refractivity contribution is 0.103. The third-order valence-electron chi connectivity index (χ3n) is 2.88. The summed E-state index contributed by atoms with van der Waals surface area (Å²) in [5, 5.41) is 0. The Bertz CT molecular complexity index is 582. The van der Waals surface area contributed by atoms with Crippen molar-refractivity contribution in [3.63, 3.8) is 0 Å². The molecule has 0 radical (unpaired) electrons. The molecule has 1 aromatic heterocycles. The van der Waals surface area contributed by atoms with Crippen molar-refractivity contribution >= 4 is 5.78 Å². The van der Waals surface area contributed by atoms with Gasteiger partial charge in [0, 0.05) is 11.1 Å². The second-order valence-electron chi connectivity index (χ2n) is 4.05. The van der Waals surface area contributed by atoms with Crippen LogP contribution in [0.2, 0.25) is 0 Å². The first-order valence-corrected chi connectivity index (χ1v) is 5.37. The van der Waals surface area contributed by atoms with Gasteiger partial charge in [-0.3, -0.25) is 4.79 Å². The Kier molecular flexibility index (Phi) is 2.84. The van der Waals surface area contributed by atoms with Crippen molar-refractivity contribution in [1.82, 2.24) is 0 Å². The molecule has 0 spiro atoms. The average Bonchev–Trinajstić information content (AvgIpc) is 2.52. The van der Waals surface area contributed by atoms with Crippen LogP contribution < -0.4 is 0 Å². The van der Waals surface area contributed by atoms with Gasteiger partial charge in [0.05, 0.1) is 5.56 Å². The highest BCUT2D eigenvalue weighted by molar-refractivity contribution is 6.10. The number of rotatable bonds is 2. The van der Waals surface area contributed by atoms with Gasteiger partial charge in [-0.25, -0.2) is 4.39 Å². The third-order valence-corrected chi connectivity index (χ3v) is 2.88. The zero-order valence-electron chi connectivity index (χ0n) is 10.0. The number of ketones is 1. The Morgan fingerprint density at radius 3 is 2.41 bits per heavy atom. The highest BCUT2D eigenvalue weighted by Gasteiger charge is 2.19. The lowest BCUT2D eigenvalue weighted by Gasteiger charge is -2.01. The zero-order valence-corrected chi connectivity index (χ0v) is 10.0. The lowest BCUT2D eigenvalue weighted by atomic mass is 10.00. The smallest absolute Gasteiger partial charge is 0.196 e. The van der Waals surface area contributed by atoms with E-state index in [1.165, 1.54) is 18.2 Å². The van der Waals surface area contributed by atoms with Crippen LogP contribution in [0.1, 0.15) is 33.0 Å². The van der Waals surface area contributed by atoms with Gasteiger partial charge in [-0.2, -0.15) is 0 Å². The molecule has 0 aliphatic carbocycles. The van der Waals surface area contributed by atoms with E-state index in [0.717, 1.165) is 11.3 Å². The average molecular weight is 232 g/mol. The molecule has 0 atom stereocenters. The van der Waals surface area contributed by atoms with E-state index in [-0.39, 0.29) is 5.78 Å². The molecule has 2 aromatic rings. The van der Waals surface area contributed by atoms with Crippen LogP contribution in [0.3, 0.4) is 0 Å². The van der Waals surface area contributed by atoms with Crippen LogP contribution in [-0.4, -0.2) is 5.78 Å². The minimum atomic E-state index is -0.411. The van der Waals surface area contributed by atoms with Crippen molar-refractivity contribution in [3.05, 3.63) is 58.3 Å². The molecule has 88 valence electrons. The summed E-state index contributed by atoms with van der Waals surface area (Å²) in [5.74, 6) is 0.694. The van der Waals surface area contributed by atoms with Gasteiger partial charge in [0.1, 0.15) is 17.3 Å². The Balaban J connectivity index is 2.51. The fraction of sp³-hybridized carbons (Fsp3) is 0.214. The van der Waals surface area contributed by atoms with E-state index >= 15 is 0 Å². The van der Waals surface area contributed by atoms with Crippen molar-refractivity contribution in [3.8, 4) is 0 Å². The Hall–Kier alpha value is -1.90. The molecule has 2 rings (SSSR count). The Morgan fingerprint density at radius 1 is 1.18 bits per heavy atom. The molecule has 3 heteroatoms. The summed E-state index contributed by atoms with van der Waals surface area (Å²) in [4.78, 5) is 12.2. The van der Waals surface area contributed by atoms with Crippen LogP contribution in [0.5, 0.6) is 0 Å². The van der Waals surface area contributed by atoms with E-state index in [0.29, 0.717) is 16.9 Å². The SMILES string of the molecule is Cc1oc(C)c(C(=O)c2cccc(F)c2)c1C. The summed E-state index contributed by atoms with van der Waals surface area (Å²) in [6, 6.07) is 5.69. The molecule has 1 heterocycles. The van der Waals surface area contributed by atoms with Crippen LogP contribution in [-0.2, 0) is 0 Å². The van der Waals surface area contributed by atoms with E-state index in [1.807, 2.05) is 13.8 Å². The minimum Gasteiger partial charge on any atom is -0.466 e. The van der Waals surface area contributed by atoms with Crippen molar-refractivity contribution in [2.75, 3.05) is 0 Å². The topological polar surface area (TPSA) is 30.2 Å². The molecular formula is C14H13FO2. The van der Waals surface area contributed by atoms with E-state index in [1.54, 1.807) is 13.0 Å². The zero-order chi connectivity index (χ0) is 12.6.